The molecular formula is C11H17NO3. The number of aliphatic hydroxyl groups is 1. The second-order valence-corrected chi connectivity index (χ2v) is 3.68. The molecule has 0 fully saturated rings. The normalized spacial score (nSPS) is 14.7. The SMILES string of the molecule is COc1cc(O)c(C(O)C(C)N)cc1C. The molecule has 0 saturated heterocycles. The van der Waals surface area contributed by atoms with Crippen LogP contribution in [0.1, 0.15) is 24.2 Å². The minimum absolute atomic E-state index is 0.00208. The minimum Gasteiger partial charge on any atom is -0.507 e. The van der Waals surface area contributed by atoms with Crippen LogP contribution in [0.4, 0.5) is 0 Å². The van der Waals surface area contributed by atoms with E-state index in [0.29, 0.717) is 11.3 Å². The molecule has 0 spiro atoms. The van der Waals surface area contributed by atoms with Gasteiger partial charge in [-0.2, -0.15) is 0 Å². The molecule has 0 aliphatic heterocycles. The van der Waals surface area contributed by atoms with Crippen molar-refractivity contribution in [3.63, 3.8) is 0 Å². The van der Waals surface area contributed by atoms with Gasteiger partial charge in [0.2, 0.25) is 0 Å². The standard InChI is InChI=1S/C11H17NO3/c1-6-4-8(11(14)7(2)12)9(13)5-10(6)15-3/h4-5,7,11,13-14H,12H2,1-3H3. The molecule has 4 N–H and O–H groups in total. The summed E-state index contributed by atoms with van der Waals surface area (Å²) in [5, 5.41) is 19.4. The van der Waals surface area contributed by atoms with Crippen molar-refractivity contribution in [2.75, 3.05) is 7.11 Å². The Labute approximate surface area is 89.3 Å². The van der Waals surface area contributed by atoms with Crippen LogP contribution in [0.15, 0.2) is 12.1 Å². The van der Waals surface area contributed by atoms with Gasteiger partial charge < -0.3 is 20.7 Å². The summed E-state index contributed by atoms with van der Waals surface area (Å²) in [4.78, 5) is 0. The minimum atomic E-state index is -0.866. The summed E-state index contributed by atoms with van der Waals surface area (Å²) in [5.41, 5.74) is 6.85. The summed E-state index contributed by atoms with van der Waals surface area (Å²) >= 11 is 0. The van der Waals surface area contributed by atoms with Gasteiger partial charge in [0, 0.05) is 17.7 Å². The predicted octanol–water partition coefficient (Wildman–Crippen LogP) is 1.09. The number of nitrogens with two attached hydrogens (primary N) is 1. The van der Waals surface area contributed by atoms with E-state index < -0.39 is 12.1 Å². The molecule has 0 heterocycles. The summed E-state index contributed by atoms with van der Waals surface area (Å²) < 4.78 is 5.05. The number of aromatic hydroxyl groups is 1. The summed E-state index contributed by atoms with van der Waals surface area (Å²) in [6.07, 6.45) is -0.866. The van der Waals surface area contributed by atoms with E-state index in [1.54, 1.807) is 13.0 Å². The monoisotopic (exact) mass is 211 g/mol. The number of hydrogen-bond acceptors (Lipinski definition) is 4. The van der Waals surface area contributed by atoms with E-state index in [4.69, 9.17) is 10.5 Å². The van der Waals surface area contributed by atoms with E-state index in [1.807, 2.05) is 6.92 Å². The van der Waals surface area contributed by atoms with Crippen LogP contribution in [-0.2, 0) is 0 Å². The molecule has 0 amide bonds. The van der Waals surface area contributed by atoms with Gasteiger partial charge in [-0.1, -0.05) is 0 Å². The van der Waals surface area contributed by atoms with Crippen molar-refractivity contribution >= 4 is 0 Å². The number of hydrogen-bond donors (Lipinski definition) is 3. The summed E-state index contributed by atoms with van der Waals surface area (Å²) in [6.45, 7) is 3.53. The number of aryl methyl sites for hydroxylation is 1. The quantitative estimate of drug-likeness (QED) is 0.699. The molecule has 0 saturated carbocycles. The van der Waals surface area contributed by atoms with Gasteiger partial charge in [0.25, 0.3) is 0 Å². The van der Waals surface area contributed by atoms with Gasteiger partial charge in [-0.3, -0.25) is 0 Å². The molecule has 1 aromatic carbocycles. The summed E-state index contributed by atoms with van der Waals surface area (Å²) in [5.74, 6) is 0.593. The number of benzene rings is 1. The van der Waals surface area contributed by atoms with Crippen LogP contribution in [0.25, 0.3) is 0 Å². The molecule has 4 nitrogen and oxygen atoms in total. The lowest BCUT2D eigenvalue weighted by atomic mass is 10.0. The van der Waals surface area contributed by atoms with Crippen LogP contribution < -0.4 is 10.5 Å². The average molecular weight is 211 g/mol. The van der Waals surface area contributed by atoms with Gasteiger partial charge in [-0.05, 0) is 25.5 Å². The molecule has 4 heteroatoms. The summed E-state index contributed by atoms with van der Waals surface area (Å²) in [7, 11) is 1.53. The number of aliphatic hydroxyl groups excluding tert-OH is 1. The van der Waals surface area contributed by atoms with Crippen LogP contribution in [-0.4, -0.2) is 23.4 Å². The maximum Gasteiger partial charge on any atom is 0.125 e. The zero-order valence-electron chi connectivity index (χ0n) is 9.19. The molecule has 0 aliphatic carbocycles. The highest BCUT2D eigenvalue weighted by Gasteiger charge is 2.18. The first-order chi connectivity index (χ1) is 6.97. The van der Waals surface area contributed by atoms with Crippen LogP contribution in [0, 0.1) is 6.92 Å². The Balaban J connectivity index is 3.15. The first-order valence-corrected chi connectivity index (χ1v) is 4.78. The van der Waals surface area contributed by atoms with Crippen LogP contribution in [0.5, 0.6) is 11.5 Å². The molecule has 2 atom stereocenters. The largest absolute Gasteiger partial charge is 0.507 e. The van der Waals surface area contributed by atoms with E-state index in [-0.39, 0.29) is 5.75 Å². The Bertz CT molecular complexity index is 350. The summed E-state index contributed by atoms with van der Waals surface area (Å²) in [6, 6.07) is 2.74. The van der Waals surface area contributed by atoms with Gasteiger partial charge in [-0.15, -0.1) is 0 Å². The molecule has 2 unspecified atom stereocenters. The highest BCUT2D eigenvalue weighted by molar-refractivity contribution is 5.46. The number of phenolic OH excluding ortho intramolecular Hbond substituents is 1. The molecule has 84 valence electrons. The Morgan fingerprint density at radius 2 is 2.00 bits per heavy atom. The average Bonchev–Trinajstić information content (AvgIpc) is 2.19. The van der Waals surface area contributed by atoms with E-state index in [0.717, 1.165) is 5.56 Å². The van der Waals surface area contributed by atoms with Crippen molar-refractivity contribution in [2.24, 2.45) is 5.73 Å². The van der Waals surface area contributed by atoms with Gasteiger partial charge in [0.05, 0.1) is 13.2 Å². The Kier molecular flexibility index (Phi) is 3.55. The fourth-order valence-electron chi connectivity index (χ4n) is 1.44. The third-order valence-corrected chi connectivity index (χ3v) is 2.36. The maximum absolute atomic E-state index is 9.74. The number of methoxy groups -OCH3 is 1. The number of phenols is 1. The van der Waals surface area contributed by atoms with Crippen molar-refractivity contribution in [1.82, 2.24) is 0 Å². The van der Waals surface area contributed by atoms with Crippen LogP contribution in [0.2, 0.25) is 0 Å². The molecular weight excluding hydrogens is 194 g/mol. The van der Waals surface area contributed by atoms with Crippen molar-refractivity contribution in [3.8, 4) is 11.5 Å². The Hall–Kier alpha value is -1.26. The maximum atomic E-state index is 9.74. The van der Waals surface area contributed by atoms with E-state index >= 15 is 0 Å². The molecule has 1 aromatic rings. The molecule has 1 rings (SSSR count). The third kappa shape index (κ3) is 2.40. The highest BCUT2D eigenvalue weighted by atomic mass is 16.5. The van der Waals surface area contributed by atoms with Crippen LogP contribution >= 0.6 is 0 Å². The molecule has 15 heavy (non-hydrogen) atoms. The fourth-order valence-corrected chi connectivity index (χ4v) is 1.44. The lowest BCUT2D eigenvalue weighted by molar-refractivity contribution is 0.149. The first kappa shape index (κ1) is 11.8. The second-order valence-electron chi connectivity index (χ2n) is 3.68. The van der Waals surface area contributed by atoms with Crippen molar-refractivity contribution < 1.29 is 14.9 Å². The van der Waals surface area contributed by atoms with Crippen molar-refractivity contribution in [3.05, 3.63) is 23.3 Å². The lowest BCUT2D eigenvalue weighted by Crippen LogP contribution is -2.24. The van der Waals surface area contributed by atoms with E-state index in [2.05, 4.69) is 0 Å². The van der Waals surface area contributed by atoms with Crippen LogP contribution in [0.3, 0.4) is 0 Å². The number of rotatable bonds is 3. The topological polar surface area (TPSA) is 75.7 Å². The molecule has 0 bridgehead atoms. The van der Waals surface area contributed by atoms with Crippen molar-refractivity contribution in [2.45, 2.75) is 26.0 Å². The highest BCUT2D eigenvalue weighted by Crippen LogP contribution is 2.32. The first-order valence-electron chi connectivity index (χ1n) is 4.78. The number of ether oxygens (including phenoxy) is 1. The van der Waals surface area contributed by atoms with Gasteiger partial charge in [0.1, 0.15) is 11.5 Å². The van der Waals surface area contributed by atoms with Gasteiger partial charge in [-0.25, -0.2) is 0 Å². The van der Waals surface area contributed by atoms with E-state index in [1.165, 1.54) is 13.2 Å². The van der Waals surface area contributed by atoms with Gasteiger partial charge in [0.15, 0.2) is 0 Å². The zero-order valence-corrected chi connectivity index (χ0v) is 9.19. The van der Waals surface area contributed by atoms with E-state index in [9.17, 15) is 10.2 Å². The fraction of sp³-hybridized carbons (Fsp3) is 0.455. The second kappa shape index (κ2) is 4.51. The molecule has 0 radical (unpaired) electrons. The Morgan fingerprint density at radius 1 is 1.40 bits per heavy atom. The van der Waals surface area contributed by atoms with Gasteiger partial charge >= 0.3 is 0 Å². The lowest BCUT2D eigenvalue weighted by Gasteiger charge is -2.17. The van der Waals surface area contributed by atoms with Crippen molar-refractivity contribution in [1.29, 1.82) is 0 Å². The smallest absolute Gasteiger partial charge is 0.125 e. The molecule has 0 aromatic heterocycles. The molecule has 0 aliphatic rings. The third-order valence-electron chi connectivity index (χ3n) is 2.36. The predicted molar refractivity (Wildman–Crippen MR) is 58.0 cm³/mol. The Morgan fingerprint density at radius 3 is 2.47 bits per heavy atom. The zero-order chi connectivity index (χ0) is 11.6.